The molecule has 1 aromatic heterocycles. The molecule has 0 saturated heterocycles. The van der Waals surface area contributed by atoms with Crippen LogP contribution in [0.15, 0.2) is 29.0 Å². The molecule has 0 unspecified atom stereocenters. The van der Waals surface area contributed by atoms with E-state index in [0.717, 1.165) is 12.1 Å². The third-order valence-electron chi connectivity index (χ3n) is 3.07. The summed E-state index contributed by atoms with van der Waals surface area (Å²) in [6.45, 7) is 1.58. The fourth-order valence-electron chi connectivity index (χ4n) is 2.14. The predicted octanol–water partition coefficient (Wildman–Crippen LogP) is 2.95. The molecule has 0 radical (unpaired) electrons. The standard InChI is InChI=1S/C13H11BrF2N4/c14-11-6-18-12-13(19-11)20(4-3-17-12)7-8-5-9(15)1-2-10(8)16/h1-2,5-6H,3-4,7H2,(H,17,18). The number of nitrogens with one attached hydrogen (secondary N) is 1. The Bertz CT molecular complexity index is 650. The lowest BCUT2D eigenvalue weighted by molar-refractivity contribution is 0.580. The van der Waals surface area contributed by atoms with E-state index in [1.54, 1.807) is 6.20 Å². The van der Waals surface area contributed by atoms with E-state index in [1.807, 2.05) is 4.90 Å². The molecule has 0 saturated carbocycles. The summed E-state index contributed by atoms with van der Waals surface area (Å²) in [6.07, 6.45) is 1.60. The van der Waals surface area contributed by atoms with Crippen molar-refractivity contribution in [3.8, 4) is 0 Å². The van der Waals surface area contributed by atoms with Crippen molar-refractivity contribution in [2.24, 2.45) is 0 Å². The van der Waals surface area contributed by atoms with Crippen LogP contribution in [0, 0.1) is 11.6 Å². The molecule has 104 valence electrons. The SMILES string of the molecule is Fc1ccc(F)c(CN2CCNc3ncc(Br)nc32)c1. The molecule has 1 aliphatic rings. The van der Waals surface area contributed by atoms with Crippen LogP contribution in [0.2, 0.25) is 0 Å². The average molecular weight is 341 g/mol. The van der Waals surface area contributed by atoms with E-state index in [-0.39, 0.29) is 6.54 Å². The topological polar surface area (TPSA) is 41.0 Å². The summed E-state index contributed by atoms with van der Waals surface area (Å²) in [5, 5.41) is 3.13. The van der Waals surface area contributed by atoms with E-state index in [4.69, 9.17) is 0 Å². The van der Waals surface area contributed by atoms with Crippen molar-refractivity contribution >= 4 is 27.6 Å². The number of nitrogens with zero attached hydrogens (tertiary/aromatic N) is 3. The second-order valence-electron chi connectivity index (χ2n) is 4.45. The van der Waals surface area contributed by atoms with Crippen molar-refractivity contribution in [3.05, 3.63) is 46.2 Å². The van der Waals surface area contributed by atoms with Gasteiger partial charge in [0, 0.05) is 25.2 Å². The van der Waals surface area contributed by atoms with Gasteiger partial charge in [0.05, 0.1) is 6.20 Å². The molecule has 1 N–H and O–H groups in total. The molecular weight excluding hydrogens is 330 g/mol. The predicted molar refractivity (Wildman–Crippen MR) is 75.6 cm³/mol. The summed E-state index contributed by atoms with van der Waals surface area (Å²) in [5.41, 5.74) is 0.305. The Labute approximate surface area is 123 Å². The maximum atomic E-state index is 13.7. The van der Waals surface area contributed by atoms with Gasteiger partial charge in [-0.05, 0) is 34.1 Å². The van der Waals surface area contributed by atoms with Gasteiger partial charge in [-0.1, -0.05) is 0 Å². The van der Waals surface area contributed by atoms with E-state index in [9.17, 15) is 8.78 Å². The van der Waals surface area contributed by atoms with Crippen LogP contribution in [0.1, 0.15) is 5.56 Å². The molecule has 4 nitrogen and oxygen atoms in total. The molecule has 2 aromatic rings. The summed E-state index contributed by atoms with van der Waals surface area (Å²) < 4.78 is 27.6. The lowest BCUT2D eigenvalue weighted by Gasteiger charge is -2.30. The molecule has 0 bridgehead atoms. The molecule has 20 heavy (non-hydrogen) atoms. The fraction of sp³-hybridized carbons (Fsp3) is 0.231. The van der Waals surface area contributed by atoms with Gasteiger partial charge in [-0.3, -0.25) is 0 Å². The highest BCUT2D eigenvalue weighted by molar-refractivity contribution is 9.10. The van der Waals surface area contributed by atoms with Gasteiger partial charge < -0.3 is 10.2 Å². The first kappa shape index (κ1) is 13.2. The maximum Gasteiger partial charge on any atom is 0.173 e. The van der Waals surface area contributed by atoms with Crippen LogP contribution in [-0.2, 0) is 6.54 Å². The minimum absolute atomic E-state index is 0.253. The smallest absolute Gasteiger partial charge is 0.173 e. The van der Waals surface area contributed by atoms with E-state index in [2.05, 4.69) is 31.2 Å². The lowest BCUT2D eigenvalue weighted by Crippen LogP contribution is -2.35. The zero-order valence-corrected chi connectivity index (χ0v) is 12.0. The van der Waals surface area contributed by atoms with E-state index in [0.29, 0.717) is 34.9 Å². The minimum Gasteiger partial charge on any atom is -0.365 e. The number of aromatic nitrogens is 2. The highest BCUT2D eigenvalue weighted by Crippen LogP contribution is 2.27. The van der Waals surface area contributed by atoms with Gasteiger partial charge in [0.1, 0.15) is 16.2 Å². The molecule has 0 atom stereocenters. The van der Waals surface area contributed by atoms with Crippen LogP contribution in [0.4, 0.5) is 20.4 Å². The van der Waals surface area contributed by atoms with Crippen molar-refractivity contribution in [1.82, 2.24) is 9.97 Å². The van der Waals surface area contributed by atoms with E-state index >= 15 is 0 Å². The average Bonchev–Trinajstić information content (AvgIpc) is 2.43. The summed E-state index contributed by atoms with van der Waals surface area (Å²) in [6, 6.07) is 3.46. The second kappa shape index (κ2) is 5.32. The Morgan fingerprint density at radius 1 is 1.35 bits per heavy atom. The third-order valence-corrected chi connectivity index (χ3v) is 3.45. The minimum atomic E-state index is -0.447. The summed E-state index contributed by atoms with van der Waals surface area (Å²) in [7, 11) is 0. The van der Waals surface area contributed by atoms with Crippen molar-refractivity contribution in [1.29, 1.82) is 0 Å². The number of anilines is 2. The van der Waals surface area contributed by atoms with Crippen LogP contribution >= 0.6 is 15.9 Å². The van der Waals surface area contributed by atoms with Crippen LogP contribution in [0.5, 0.6) is 0 Å². The molecule has 0 fully saturated rings. The number of benzene rings is 1. The molecule has 0 amide bonds. The molecule has 0 aliphatic carbocycles. The monoisotopic (exact) mass is 340 g/mol. The van der Waals surface area contributed by atoms with Crippen molar-refractivity contribution < 1.29 is 8.78 Å². The largest absolute Gasteiger partial charge is 0.365 e. The van der Waals surface area contributed by atoms with Gasteiger partial charge in [0.15, 0.2) is 11.6 Å². The van der Waals surface area contributed by atoms with Crippen molar-refractivity contribution in [2.75, 3.05) is 23.3 Å². The molecular formula is C13H11BrF2N4. The van der Waals surface area contributed by atoms with Crippen LogP contribution in [0.25, 0.3) is 0 Å². The molecule has 7 heteroatoms. The van der Waals surface area contributed by atoms with Crippen LogP contribution in [0.3, 0.4) is 0 Å². The number of rotatable bonds is 2. The Morgan fingerprint density at radius 2 is 2.20 bits per heavy atom. The normalized spacial score (nSPS) is 13.8. The fourth-order valence-corrected chi connectivity index (χ4v) is 2.41. The highest BCUT2D eigenvalue weighted by Gasteiger charge is 2.21. The second-order valence-corrected chi connectivity index (χ2v) is 5.26. The van der Waals surface area contributed by atoms with Gasteiger partial charge in [0.2, 0.25) is 0 Å². The zero-order chi connectivity index (χ0) is 14.1. The number of fused-ring (bicyclic) bond motifs is 1. The Hall–Kier alpha value is -1.76. The molecule has 2 heterocycles. The summed E-state index contributed by atoms with van der Waals surface area (Å²) >= 11 is 3.27. The highest BCUT2D eigenvalue weighted by atomic mass is 79.9. The molecule has 0 spiro atoms. The zero-order valence-electron chi connectivity index (χ0n) is 10.4. The first-order chi connectivity index (χ1) is 9.63. The van der Waals surface area contributed by atoms with Gasteiger partial charge in [-0.15, -0.1) is 0 Å². The van der Waals surface area contributed by atoms with E-state index < -0.39 is 11.6 Å². The maximum absolute atomic E-state index is 13.7. The Kier molecular flexibility index (Phi) is 3.52. The van der Waals surface area contributed by atoms with Gasteiger partial charge in [-0.25, -0.2) is 18.7 Å². The number of hydrogen-bond acceptors (Lipinski definition) is 4. The quantitative estimate of drug-likeness (QED) is 0.912. The third kappa shape index (κ3) is 2.58. The van der Waals surface area contributed by atoms with Crippen molar-refractivity contribution in [2.45, 2.75) is 6.54 Å². The summed E-state index contributed by atoms with van der Waals surface area (Å²) in [5.74, 6) is 0.414. The lowest BCUT2D eigenvalue weighted by atomic mass is 10.2. The number of hydrogen-bond donors (Lipinski definition) is 1. The molecule has 3 rings (SSSR count). The Morgan fingerprint density at radius 3 is 3.05 bits per heavy atom. The van der Waals surface area contributed by atoms with Gasteiger partial charge >= 0.3 is 0 Å². The van der Waals surface area contributed by atoms with Crippen LogP contribution < -0.4 is 10.2 Å². The van der Waals surface area contributed by atoms with Gasteiger partial charge in [-0.2, -0.15) is 0 Å². The molecule has 1 aromatic carbocycles. The summed E-state index contributed by atoms with van der Waals surface area (Å²) in [4.78, 5) is 10.4. The first-order valence-corrected chi connectivity index (χ1v) is 6.88. The molecule has 1 aliphatic heterocycles. The number of halogens is 3. The van der Waals surface area contributed by atoms with Gasteiger partial charge in [0.25, 0.3) is 0 Å². The van der Waals surface area contributed by atoms with Crippen molar-refractivity contribution in [3.63, 3.8) is 0 Å². The first-order valence-electron chi connectivity index (χ1n) is 6.09. The van der Waals surface area contributed by atoms with E-state index in [1.165, 1.54) is 6.07 Å². The Balaban J connectivity index is 1.93. The van der Waals surface area contributed by atoms with Crippen LogP contribution in [-0.4, -0.2) is 23.1 Å².